The normalized spacial score (nSPS) is 31.6. The number of rotatable bonds is 2. The van der Waals surface area contributed by atoms with Crippen molar-refractivity contribution in [3.8, 4) is 0 Å². The van der Waals surface area contributed by atoms with Gasteiger partial charge in [0, 0.05) is 9.17 Å². The Hall–Kier alpha value is -0.380. The van der Waals surface area contributed by atoms with E-state index in [1.54, 1.807) is 11.3 Å². The van der Waals surface area contributed by atoms with Crippen molar-refractivity contribution in [1.29, 1.82) is 0 Å². The van der Waals surface area contributed by atoms with Gasteiger partial charge in [0.05, 0.1) is 6.10 Å². The number of halogens is 1. The first-order valence-electron chi connectivity index (χ1n) is 6.61. The second-order valence-corrected chi connectivity index (χ2v) is 7.32. The van der Waals surface area contributed by atoms with E-state index in [9.17, 15) is 5.11 Å². The maximum absolute atomic E-state index is 10.6. The van der Waals surface area contributed by atoms with Crippen LogP contribution in [0, 0.1) is 17.8 Å². The highest BCUT2D eigenvalue weighted by molar-refractivity contribution is 9.10. The maximum atomic E-state index is 10.6. The van der Waals surface area contributed by atoms with E-state index in [1.165, 1.54) is 29.3 Å². The molecule has 2 saturated carbocycles. The van der Waals surface area contributed by atoms with E-state index in [1.807, 2.05) is 0 Å². The number of benzene rings is 1. The van der Waals surface area contributed by atoms with Gasteiger partial charge in [-0.1, -0.05) is 18.6 Å². The highest BCUT2D eigenvalue weighted by Crippen LogP contribution is 2.62. The van der Waals surface area contributed by atoms with Gasteiger partial charge in [-0.25, -0.2) is 0 Å². The fourth-order valence-electron chi connectivity index (χ4n) is 3.82. The summed E-state index contributed by atoms with van der Waals surface area (Å²) in [6.07, 6.45) is 3.79. The number of hydrogen-bond acceptors (Lipinski definition) is 2. The lowest BCUT2D eigenvalue weighted by Gasteiger charge is -2.12. The molecule has 0 bridgehead atoms. The summed E-state index contributed by atoms with van der Waals surface area (Å²) in [6.45, 7) is 0. The second-order valence-electron chi connectivity index (χ2n) is 5.59. The van der Waals surface area contributed by atoms with Crippen LogP contribution in [0.4, 0.5) is 0 Å². The van der Waals surface area contributed by atoms with Crippen LogP contribution >= 0.6 is 27.3 Å². The molecule has 1 aromatic heterocycles. The molecular formula is C15H15BrOS. The zero-order chi connectivity index (χ0) is 12.3. The van der Waals surface area contributed by atoms with Gasteiger partial charge in [-0.3, -0.25) is 0 Å². The van der Waals surface area contributed by atoms with E-state index in [2.05, 4.69) is 39.5 Å². The number of aliphatic hydroxyl groups is 1. The number of thiophene rings is 1. The highest BCUT2D eigenvalue weighted by atomic mass is 79.9. The molecule has 2 aliphatic carbocycles. The largest absolute Gasteiger partial charge is 0.388 e. The molecule has 1 aromatic carbocycles. The molecule has 3 heteroatoms. The standard InChI is InChI=1S/C15H15BrOS/c16-12-6-2-5-10-11(7-18-15(10)12)14(17)13-8-3-1-4-9(8)13/h2,5-9,13-14,17H,1,3-4H2. The molecular weight excluding hydrogens is 308 g/mol. The first kappa shape index (κ1) is 11.4. The Kier molecular flexibility index (Phi) is 2.58. The predicted molar refractivity (Wildman–Crippen MR) is 78.8 cm³/mol. The molecule has 2 fully saturated rings. The van der Waals surface area contributed by atoms with E-state index in [4.69, 9.17) is 0 Å². The predicted octanol–water partition coefficient (Wildman–Crippen LogP) is 4.74. The lowest BCUT2D eigenvalue weighted by atomic mass is 9.99. The van der Waals surface area contributed by atoms with Gasteiger partial charge in [-0.05, 0) is 68.9 Å². The molecule has 1 nitrogen and oxygen atoms in total. The molecule has 94 valence electrons. The van der Waals surface area contributed by atoms with Gasteiger partial charge in [-0.15, -0.1) is 11.3 Å². The summed E-state index contributed by atoms with van der Waals surface area (Å²) in [5.74, 6) is 2.15. The third-order valence-corrected chi connectivity index (χ3v) is 6.71. The Morgan fingerprint density at radius 2 is 2.06 bits per heavy atom. The molecule has 3 unspecified atom stereocenters. The van der Waals surface area contributed by atoms with Gasteiger partial charge < -0.3 is 5.11 Å². The molecule has 18 heavy (non-hydrogen) atoms. The van der Waals surface area contributed by atoms with Crippen molar-refractivity contribution in [2.75, 3.05) is 0 Å². The van der Waals surface area contributed by atoms with Gasteiger partial charge in [0.25, 0.3) is 0 Å². The third-order valence-electron chi connectivity index (χ3n) is 4.74. The number of fused-ring (bicyclic) bond motifs is 2. The minimum Gasteiger partial charge on any atom is -0.388 e. The molecule has 1 N–H and O–H groups in total. The molecule has 4 rings (SSSR count). The van der Waals surface area contributed by atoms with Crippen molar-refractivity contribution >= 4 is 37.4 Å². The molecule has 1 heterocycles. The quantitative estimate of drug-likeness (QED) is 0.846. The van der Waals surface area contributed by atoms with E-state index < -0.39 is 0 Å². The zero-order valence-electron chi connectivity index (χ0n) is 9.97. The van der Waals surface area contributed by atoms with Crippen molar-refractivity contribution in [2.45, 2.75) is 25.4 Å². The summed E-state index contributed by atoms with van der Waals surface area (Å²) in [7, 11) is 0. The van der Waals surface area contributed by atoms with Gasteiger partial charge in [-0.2, -0.15) is 0 Å². The van der Waals surface area contributed by atoms with Crippen LogP contribution in [0.3, 0.4) is 0 Å². The van der Waals surface area contributed by atoms with Crippen molar-refractivity contribution < 1.29 is 5.11 Å². The average molecular weight is 323 g/mol. The Bertz CT molecular complexity index is 596. The fraction of sp³-hybridized carbons (Fsp3) is 0.467. The van der Waals surface area contributed by atoms with Crippen molar-refractivity contribution in [3.05, 3.63) is 33.6 Å². The lowest BCUT2D eigenvalue weighted by molar-refractivity contribution is 0.139. The fourth-order valence-corrected chi connectivity index (χ4v) is 5.47. The Labute approximate surface area is 119 Å². The van der Waals surface area contributed by atoms with Gasteiger partial charge in [0.15, 0.2) is 0 Å². The zero-order valence-corrected chi connectivity index (χ0v) is 12.4. The van der Waals surface area contributed by atoms with Crippen LogP contribution in [0.25, 0.3) is 10.1 Å². The van der Waals surface area contributed by atoms with Crippen LogP contribution in [0.2, 0.25) is 0 Å². The molecule has 0 spiro atoms. The molecule has 2 aliphatic rings. The number of hydrogen-bond donors (Lipinski definition) is 1. The van der Waals surface area contributed by atoms with Crippen LogP contribution in [0.5, 0.6) is 0 Å². The number of aliphatic hydroxyl groups excluding tert-OH is 1. The summed E-state index contributed by atoms with van der Waals surface area (Å²) in [6, 6.07) is 6.26. The molecule has 2 aromatic rings. The molecule has 0 amide bonds. The average Bonchev–Trinajstić information content (AvgIpc) is 2.79. The molecule has 3 atom stereocenters. The minimum atomic E-state index is -0.247. The lowest BCUT2D eigenvalue weighted by Crippen LogP contribution is -2.03. The van der Waals surface area contributed by atoms with Crippen molar-refractivity contribution in [2.24, 2.45) is 17.8 Å². The summed E-state index contributed by atoms with van der Waals surface area (Å²) in [5, 5.41) is 14.0. The third kappa shape index (κ3) is 1.54. The Balaban J connectivity index is 1.72. The maximum Gasteiger partial charge on any atom is 0.0837 e. The first-order chi connectivity index (χ1) is 8.77. The van der Waals surface area contributed by atoms with Crippen LogP contribution < -0.4 is 0 Å². The van der Waals surface area contributed by atoms with Crippen molar-refractivity contribution in [1.82, 2.24) is 0 Å². The van der Waals surface area contributed by atoms with Crippen LogP contribution in [-0.2, 0) is 0 Å². The van der Waals surface area contributed by atoms with Crippen LogP contribution in [0.15, 0.2) is 28.1 Å². The van der Waals surface area contributed by atoms with Gasteiger partial charge in [0.1, 0.15) is 0 Å². The summed E-state index contributed by atoms with van der Waals surface area (Å²) < 4.78 is 2.40. The van der Waals surface area contributed by atoms with E-state index in [0.29, 0.717) is 5.92 Å². The van der Waals surface area contributed by atoms with Gasteiger partial charge in [0.2, 0.25) is 0 Å². The SMILES string of the molecule is OC(c1csc2c(Br)cccc12)C1C2CCCC21. The highest BCUT2D eigenvalue weighted by Gasteiger charge is 2.56. The van der Waals surface area contributed by atoms with E-state index >= 15 is 0 Å². The topological polar surface area (TPSA) is 20.2 Å². The van der Waals surface area contributed by atoms with Crippen LogP contribution in [0.1, 0.15) is 30.9 Å². The summed E-state index contributed by atoms with van der Waals surface area (Å²) >= 11 is 5.32. The second kappa shape index (κ2) is 4.06. The Morgan fingerprint density at radius 3 is 2.83 bits per heavy atom. The first-order valence-corrected chi connectivity index (χ1v) is 8.28. The summed E-state index contributed by atoms with van der Waals surface area (Å²) in [5.41, 5.74) is 1.15. The smallest absolute Gasteiger partial charge is 0.0837 e. The summed E-state index contributed by atoms with van der Waals surface area (Å²) in [4.78, 5) is 0. The molecule has 0 saturated heterocycles. The van der Waals surface area contributed by atoms with E-state index in [-0.39, 0.29) is 6.10 Å². The monoisotopic (exact) mass is 322 g/mol. The van der Waals surface area contributed by atoms with E-state index in [0.717, 1.165) is 21.9 Å². The Morgan fingerprint density at radius 1 is 1.28 bits per heavy atom. The minimum absolute atomic E-state index is 0.247. The van der Waals surface area contributed by atoms with Gasteiger partial charge >= 0.3 is 0 Å². The van der Waals surface area contributed by atoms with Crippen molar-refractivity contribution in [3.63, 3.8) is 0 Å². The molecule has 0 radical (unpaired) electrons. The van der Waals surface area contributed by atoms with Crippen LogP contribution in [-0.4, -0.2) is 5.11 Å². The molecule has 0 aliphatic heterocycles.